The van der Waals surface area contributed by atoms with E-state index in [1.165, 1.54) is 4.90 Å². The Kier molecular flexibility index (Phi) is 4.38. The van der Waals surface area contributed by atoms with Crippen molar-refractivity contribution in [2.24, 2.45) is 0 Å². The van der Waals surface area contributed by atoms with Crippen LogP contribution in [0, 0.1) is 0 Å². The summed E-state index contributed by atoms with van der Waals surface area (Å²) in [4.78, 5) is 12.9. The van der Waals surface area contributed by atoms with Gasteiger partial charge in [0.15, 0.2) is 5.69 Å². The van der Waals surface area contributed by atoms with E-state index < -0.39 is 18.7 Å². The van der Waals surface area contributed by atoms with Crippen LogP contribution < -0.4 is 0 Å². The molecule has 20 heavy (non-hydrogen) atoms. The van der Waals surface area contributed by atoms with Crippen LogP contribution in [0.5, 0.6) is 0 Å². The van der Waals surface area contributed by atoms with Crippen LogP contribution in [0.1, 0.15) is 23.1 Å². The number of hydrogen-bond donors (Lipinski definition) is 0. The minimum absolute atomic E-state index is 0.0898. The van der Waals surface area contributed by atoms with Crippen LogP contribution in [0.25, 0.3) is 0 Å². The molecule has 0 aliphatic carbocycles. The highest BCUT2D eigenvalue weighted by molar-refractivity contribution is 9.10. The number of ether oxygens (including phenoxy) is 1. The van der Waals surface area contributed by atoms with E-state index in [-0.39, 0.29) is 25.4 Å². The van der Waals surface area contributed by atoms with Crippen LogP contribution in [0.3, 0.4) is 0 Å². The average molecular weight is 356 g/mol. The maximum atomic E-state index is 12.4. The van der Waals surface area contributed by atoms with Gasteiger partial charge in [-0.3, -0.25) is 9.58 Å². The number of fused-ring (bicyclic) bond motifs is 1. The number of aromatic nitrogens is 2. The lowest BCUT2D eigenvalue weighted by atomic mass is 10.3. The lowest BCUT2D eigenvalue weighted by Crippen LogP contribution is -2.40. The second-order valence-electron chi connectivity index (χ2n) is 4.38. The van der Waals surface area contributed by atoms with Crippen LogP contribution in [0.15, 0.2) is 4.47 Å². The lowest BCUT2D eigenvalue weighted by molar-refractivity contribution is -0.148. The number of halogens is 4. The van der Waals surface area contributed by atoms with E-state index >= 15 is 0 Å². The molecule has 2 rings (SSSR count). The zero-order valence-corrected chi connectivity index (χ0v) is 12.3. The highest BCUT2D eigenvalue weighted by atomic mass is 79.9. The number of carbonyl (C=O) groups is 1. The minimum atomic E-state index is -4.24. The molecule has 0 unspecified atom stereocenters. The van der Waals surface area contributed by atoms with Gasteiger partial charge < -0.3 is 4.74 Å². The first kappa shape index (κ1) is 15.3. The molecule has 0 atom stereocenters. The normalized spacial score (nSPS) is 16.1. The number of nitrogens with zero attached hydrogens (tertiary/aromatic N) is 3. The molecule has 0 N–H and O–H groups in total. The van der Waals surface area contributed by atoms with Crippen molar-refractivity contribution >= 4 is 21.9 Å². The monoisotopic (exact) mass is 355 g/mol. The fraction of sp³-hybridized carbons (Fsp3) is 0.636. The van der Waals surface area contributed by atoms with E-state index in [2.05, 4.69) is 21.0 Å². The third-order valence-corrected chi connectivity index (χ3v) is 3.70. The predicted molar refractivity (Wildman–Crippen MR) is 67.2 cm³/mol. The van der Waals surface area contributed by atoms with Crippen molar-refractivity contribution in [2.75, 3.05) is 19.7 Å². The van der Waals surface area contributed by atoms with Crippen molar-refractivity contribution in [1.82, 2.24) is 14.7 Å². The maximum Gasteiger partial charge on any atom is 0.401 e. The van der Waals surface area contributed by atoms with Gasteiger partial charge in [0.05, 0.1) is 29.9 Å². The molecule has 112 valence electrons. The number of carbonyl (C=O) groups excluding carboxylic acids is 1. The van der Waals surface area contributed by atoms with Crippen molar-refractivity contribution in [3.05, 3.63) is 15.9 Å². The molecule has 0 saturated carbocycles. The molecular weight excluding hydrogens is 343 g/mol. The summed E-state index contributed by atoms with van der Waals surface area (Å²) in [7, 11) is 0. The smallest absolute Gasteiger partial charge is 0.401 e. The van der Waals surface area contributed by atoms with Gasteiger partial charge in [0.25, 0.3) is 0 Å². The molecule has 0 aromatic carbocycles. The first-order valence-corrected chi connectivity index (χ1v) is 6.82. The largest absolute Gasteiger partial charge is 0.461 e. The second-order valence-corrected chi connectivity index (χ2v) is 5.17. The van der Waals surface area contributed by atoms with Gasteiger partial charge in [0.1, 0.15) is 0 Å². The summed E-state index contributed by atoms with van der Waals surface area (Å²) in [6.07, 6.45) is -4.24. The molecule has 1 aliphatic heterocycles. The Morgan fingerprint density at radius 1 is 1.45 bits per heavy atom. The second kappa shape index (κ2) is 5.72. The first-order valence-electron chi connectivity index (χ1n) is 6.03. The molecule has 0 bridgehead atoms. The van der Waals surface area contributed by atoms with Gasteiger partial charge in [-0.25, -0.2) is 4.79 Å². The fourth-order valence-electron chi connectivity index (χ4n) is 2.06. The van der Waals surface area contributed by atoms with Gasteiger partial charge in [-0.05, 0) is 22.9 Å². The van der Waals surface area contributed by atoms with Crippen LogP contribution in [0.2, 0.25) is 0 Å². The summed E-state index contributed by atoms with van der Waals surface area (Å²) in [6, 6.07) is 0. The van der Waals surface area contributed by atoms with Crippen molar-refractivity contribution in [1.29, 1.82) is 0 Å². The number of rotatable bonds is 3. The maximum absolute atomic E-state index is 12.4. The van der Waals surface area contributed by atoms with E-state index in [1.807, 2.05) is 0 Å². The molecular formula is C11H13BrF3N3O2. The molecule has 1 aromatic heterocycles. The van der Waals surface area contributed by atoms with Gasteiger partial charge in [0, 0.05) is 13.1 Å². The van der Waals surface area contributed by atoms with Crippen LogP contribution >= 0.6 is 15.9 Å². The molecule has 0 fully saturated rings. The molecule has 0 saturated heterocycles. The average Bonchev–Trinajstić information content (AvgIpc) is 2.65. The molecule has 0 amide bonds. The van der Waals surface area contributed by atoms with Crippen molar-refractivity contribution in [3.8, 4) is 0 Å². The molecule has 5 nitrogen and oxygen atoms in total. The minimum Gasteiger partial charge on any atom is -0.461 e. The standard InChI is InChI=1S/C11H13BrF3N3O2/c1-2-20-10(19)9-8(12)7-5-17(6-11(13,14)15)3-4-18(7)16-9/h2-6H2,1H3. The molecule has 2 heterocycles. The Labute approximate surface area is 121 Å². The van der Waals surface area contributed by atoms with Gasteiger partial charge in [-0.15, -0.1) is 0 Å². The van der Waals surface area contributed by atoms with Crippen LogP contribution in [-0.2, 0) is 17.8 Å². The molecule has 1 aliphatic rings. The van der Waals surface area contributed by atoms with Crippen molar-refractivity contribution in [2.45, 2.75) is 26.2 Å². The Balaban J connectivity index is 2.18. The van der Waals surface area contributed by atoms with Crippen molar-refractivity contribution < 1.29 is 22.7 Å². The zero-order chi connectivity index (χ0) is 14.9. The lowest BCUT2D eigenvalue weighted by Gasteiger charge is -2.28. The van der Waals surface area contributed by atoms with E-state index in [4.69, 9.17) is 4.74 Å². The van der Waals surface area contributed by atoms with Crippen LogP contribution in [0.4, 0.5) is 13.2 Å². The highest BCUT2D eigenvalue weighted by Gasteiger charge is 2.34. The van der Waals surface area contributed by atoms with Crippen molar-refractivity contribution in [3.63, 3.8) is 0 Å². The molecule has 1 aromatic rings. The third kappa shape index (κ3) is 3.32. The first-order chi connectivity index (χ1) is 9.31. The topological polar surface area (TPSA) is 47.4 Å². The molecule has 0 radical (unpaired) electrons. The Morgan fingerprint density at radius 3 is 2.75 bits per heavy atom. The molecule has 0 spiro atoms. The fourth-order valence-corrected chi connectivity index (χ4v) is 2.63. The van der Waals surface area contributed by atoms with E-state index in [0.29, 0.717) is 16.7 Å². The summed E-state index contributed by atoms with van der Waals surface area (Å²) < 4.78 is 44.0. The molecule has 9 heteroatoms. The Hall–Kier alpha value is -1.09. The van der Waals surface area contributed by atoms with E-state index in [9.17, 15) is 18.0 Å². The van der Waals surface area contributed by atoms with Gasteiger partial charge >= 0.3 is 12.1 Å². The quantitative estimate of drug-likeness (QED) is 0.780. The SMILES string of the molecule is CCOC(=O)c1nn2c(c1Br)CN(CC(F)(F)F)CC2. The van der Waals surface area contributed by atoms with E-state index in [0.717, 1.165) is 0 Å². The van der Waals surface area contributed by atoms with E-state index in [1.54, 1.807) is 11.6 Å². The third-order valence-electron chi connectivity index (χ3n) is 2.87. The summed E-state index contributed by atoms with van der Waals surface area (Å²) in [5, 5.41) is 4.09. The van der Waals surface area contributed by atoms with Gasteiger partial charge in [0.2, 0.25) is 0 Å². The summed E-state index contributed by atoms with van der Waals surface area (Å²) >= 11 is 3.22. The highest BCUT2D eigenvalue weighted by Crippen LogP contribution is 2.28. The number of hydrogen-bond acceptors (Lipinski definition) is 4. The van der Waals surface area contributed by atoms with Crippen LogP contribution in [-0.4, -0.2) is 46.5 Å². The Morgan fingerprint density at radius 2 is 2.15 bits per heavy atom. The predicted octanol–water partition coefficient (Wildman–Crippen LogP) is 2.20. The summed E-state index contributed by atoms with van der Waals surface area (Å²) in [5.41, 5.74) is 0.666. The zero-order valence-electron chi connectivity index (χ0n) is 10.7. The van der Waals surface area contributed by atoms with Gasteiger partial charge in [-0.1, -0.05) is 0 Å². The summed E-state index contributed by atoms with van der Waals surface area (Å²) in [5.74, 6) is -0.580. The summed E-state index contributed by atoms with van der Waals surface area (Å²) in [6.45, 7) is 1.55. The number of alkyl halides is 3. The Bertz CT molecular complexity index is 516. The number of esters is 1. The van der Waals surface area contributed by atoms with Gasteiger partial charge in [-0.2, -0.15) is 18.3 Å².